The van der Waals surface area contributed by atoms with Gasteiger partial charge in [0, 0.05) is 7.11 Å². The molecule has 0 bridgehead atoms. The van der Waals surface area contributed by atoms with Gasteiger partial charge in [-0.3, -0.25) is 0 Å². The molecule has 0 amide bonds. The molecule has 2 aliphatic heterocycles. The Hall–Kier alpha value is -0.690. The summed E-state index contributed by atoms with van der Waals surface area (Å²) in [6.07, 6.45) is -0.101. The van der Waals surface area contributed by atoms with Gasteiger partial charge in [-0.1, -0.05) is 0 Å². The second-order valence-corrected chi connectivity index (χ2v) is 4.46. The Bertz CT molecular complexity index is 300. The maximum Gasteiger partial charge on any atom is 0.190 e. The summed E-state index contributed by atoms with van der Waals surface area (Å²) in [5.74, 6) is -0.666. The zero-order valence-corrected chi connectivity index (χ0v) is 9.88. The highest BCUT2D eigenvalue weighted by Gasteiger charge is 2.55. The lowest BCUT2D eigenvalue weighted by Gasteiger charge is -2.22. The van der Waals surface area contributed by atoms with E-state index in [9.17, 15) is 5.21 Å². The van der Waals surface area contributed by atoms with E-state index in [-0.39, 0.29) is 12.2 Å². The molecule has 92 valence electrons. The molecule has 0 aromatic carbocycles. The van der Waals surface area contributed by atoms with Gasteiger partial charge < -0.3 is 24.2 Å². The van der Waals surface area contributed by atoms with Crippen molar-refractivity contribution >= 4 is 6.21 Å². The standard InChI is InChI=1S/C10H17NO5/c1-10(2)15-8-7(13-4)6(5-11(3)12)14-9(8)16-10/h5-9H,1-4H3. The largest absolute Gasteiger partial charge is 0.624 e. The van der Waals surface area contributed by atoms with Crippen molar-refractivity contribution in [3.05, 3.63) is 5.21 Å². The first-order valence-corrected chi connectivity index (χ1v) is 5.22. The first-order chi connectivity index (χ1) is 7.43. The van der Waals surface area contributed by atoms with Gasteiger partial charge in [0.2, 0.25) is 0 Å². The molecule has 0 aliphatic carbocycles. The van der Waals surface area contributed by atoms with Gasteiger partial charge in [0.15, 0.2) is 24.4 Å². The Kier molecular flexibility index (Phi) is 2.91. The minimum Gasteiger partial charge on any atom is -0.624 e. The molecule has 0 spiro atoms. The number of nitrogens with zero attached hydrogens (tertiary/aromatic N) is 1. The highest BCUT2D eigenvalue weighted by molar-refractivity contribution is 5.59. The third kappa shape index (κ3) is 2.06. The topological polar surface area (TPSA) is 63.0 Å². The summed E-state index contributed by atoms with van der Waals surface area (Å²) in [5, 5.41) is 11.0. The molecule has 2 saturated heterocycles. The molecular formula is C10H17NO5. The van der Waals surface area contributed by atoms with Crippen LogP contribution in [-0.4, -0.2) is 55.5 Å². The highest BCUT2D eigenvalue weighted by atomic mass is 16.8. The van der Waals surface area contributed by atoms with Crippen molar-refractivity contribution in [2.45, 2.75) is 44.2 Å². The van der Waals surface area contributed by atoms with Gasteiger partial charge in [0.1, 0.15) is 19.3 Å². The lowest BCUT2D eigenvalue weighted by atomic mass is 10.1. The Balaban J connectivity index is 2.13. The van der Waals surface area contributed by atoms with Crippen molar-refractivity contribution in [2.24, 2.45) is 0 Å². The van der Waals surface area contributed by atoms with Crippen LogP contribution in [0.15, 0.2) is 0 Å². The van der Waals surface area contributed by atoms with Gasteiger partial charge in [-0.15, -0.1) is 0 Å². The summed E-state index contributed by atoms with van der Waals surface area (Å²) >= 11 is 0. The SMILES string of the molecule is COC1C(C=[N+](C)[O-])OC2OC(C)(C)OC21. The molecule has 0 N–H and O–H groups in total. The van der Waals surface area contributed by atoms with Crippen LogP contribution in [0, 0.1) is 5.21 Å². The molecule has 16 heavy (non-hydrogen) atoms. The van der Waals surface area contributed by atoms with E-state index in [2.05, 4.69) is 0 Å². The number of hydrogen-bond donors (Lipinski definition) is 0. The summed E-state index contributed by atoms with van der Waals surface area (Å²) in [5.41, 5.74) is 0. The van der Waals surface area contributed by atoms with Crippen LogP contribution < -0.4 is 0 Å². The fourth-order valence-electron chi connectivity index (χ4n) is 2.10. The lowest BCUT2D eigenvalue weighted by Crippen LogP contribution is -2.37. The van der Waals surface area contributed by atoms with E-state index in [0.29, 0.717) is 4.74 Å². The molecule has 0 radical (unpaired) electrons. The summed E-state index contributed by atoms with van der Waals surface area (Å²) in [6.45, 7) is 3.64. The van der Waals surface area contributed by atoms with E-state index in [1.165, 1.54) is 13.3 Å². The van der Waals surface area contributed by atoms with Crippen molar-refractivity contribution in [1.82, 2.24) is 0 Å². The molecule has 2 heterocycles. The van der Waals surface area contributed by atoms with Crippen molar-refractivity contribution < 1.29 is 23.7 Å². The van der Waals surface area contributed by atoms with Crippen LogP contribution in [0.2, 0.25) is 0 Å². The van der Waals surface area contributed by atoms with Gasteiger partial charge >= 0.3 is 0 Å². The predicted octanol–water partition coefficient (Wildman–Crippen LogP) is 0.0887. The molecule has 6 heteroatoms. The predicted molar refractivity (Wildman–Crippen MR) is 55.1 cm³/mol. The van der Waals surface area contributed by atoms with Crippen LogP contribution in [0.3, 0.4) is 0 Å². The van der Waals surface area contributed by atoms with Crippen molar-refractivity contribution in [3.8, 4) is 0 Å². The Morgan fingerprint density at radius 3 is 2.62 bits per heavy atom. The Labute approximate surface area is 94.3 Å². The van der Waals surface area contributed by atoms with Crippen molar-refractivity contribution in [1.29, 1.82) is 0 Å². The fourth-order valence-corrected chi connectivity index (χ4v) is 2.10. The Morgan fingerprint density at radius 2 is 2.06 bits per heavy atom. The second kappa shape index (κ2) is 3.96. The van der Waals surface area contributed by atoms with Gasteiger partial charge in [-0.05, 0) is 13.8 Å². The number of fused-ring (bicyclic) bond motifs is 1. The monoisotopic (exact) mass is 231 g/mol. The van der Waals surface area contributed by atoms with E-state index >= 15 is 0 Å². The molecule has 4 atom stereocenters. The maximum absolute atomic E-state index is 11.0. The maximum atomic E-state index is 11.0. The molecule has 2 rings (SSSR count). The van der Waals surface area contributed by atoms with Crippen LogP contribution in [0.25, 0.3) is 0 Å². The van der Waals surface area contributed by atoms with Crippen LogP contribution in [0.1, 0.15) is 13.8 Å². The first kappa shape index (κ1) is 11.8. The second-order valence-electron chi connectivity index (χ2n) is 4.46. The smallest absolute Gasteiger partial charge is 0.190 e. The van der Waals surface area contributed by atoms with Crippen molar-refractivity contribution in [2.75, 3.05) is 14.2 Å². The zero-order chi connectivity index (χ0) is 11.9. The number of ether oxygens (including phenoxy) is 4. The van der Waals surface area contributed by atoms with Crippen LogP contribution >= 0.6 is 0 Å². The molecular weight excluding hydrogens is 214 g/mol. The summed E-state index contributed by atoms with van der Waals surface area (Å²) < 4.78 is 22.8. The number of hydroxylamine groups is 1. The minimum atomic E-state index is -0.666. The lowest BCUT2D eigenvalue weighted by molar-refractivity contribution is -0.421. The average molecular weight is 231 g/mol. The summed E-state index contributed by atoms with van der Waals surface area (Å²) in [4.78, 5) is 0. The normalized spacial score (nSPS) is 42.4. The first-order valence-electron chi connectivity index (χ1n) is 5.22. The average Bonchev–Trinajstić information content (AvgIpc) is 2.54. The molecule has 2 aliphatic rings. The van der Waals surface area contributed by atoms with Gasteiger partial charge in [-0.25, -0.2) is 4.74 Å². The third-order valence-corrected chi connectivity index (χ3v) is 2.66. The molecule has 0 aromatic rings. The van der Waals surface area contributed by atoms with E-state index in [1.54, 1.807) is 7.11 Å². The molecule has 0 saturated carbocycles. The van der Waals surface area contributed by atoms with Crippen molar-refractivity contribution in [3.63, 3.8) is 0 Å². The molecule has 6 nitrogen and oxygen atoms in total. The van der Waals surface area contributed by atoms with Crippen LogP contribution in [0.4, 0.5) is 0 Å². The number of rotatable bonds is 2. The summed E-state index contributed by atoms with van der Waals surface area (Å²) in [7, 11) is 2.96. The number of methoxy groups -OCH3 is 1. The van der Waals surface area contributed by atoms with Gasteiger partial charge in [0.05, 0.1) is 0 Å². The third-order valence-electron chi connectivity index (χ3n) is 2.66. The summed E-state index contributed by atoms with van der Waals surface area (Å²) in [6, 6.07) is 0. The van der Waals surface area contributed by atoms with Gasteiger partial charge in [-0.2, -0.15) is 0 Å². The van der Waals surface area contributed by atoms with E-state index in [1.807, 2.05) is 13.8 Å². The highest BCUT2D eigenvalue weighted by Crippen LogP contribution is 2.37. The molecule has 0 aromatic heterocycles. The van der Waals surface area contributed by atoms with E-state index < -0.39 is 18.2 Å². The quantitative estimate of drug-likeness (QED) is 0.292. The zero-order valence-electron chi connectivity index (χ0n) is 9.88. The minimum absolute atomic E-state index is 0.291. The molecule has 2 fully saturated rings. The van der Waals surface area contributed by atoms with E-state index in [4.69, 9.17) is 18.9 Å². The van der Waals surface area contributed by atoms with Crippen LogP contribution in [0.5, 0.6) is 0 Å². The van der Waals surface area contributed by atoms with Crippen LogP contribution in [-0.2, 0) is 18.9 Å². The van der Waals surface area contributed by atoms with E-state index in [0.717, 1.165) is 0 Å². The molecule has 4 unspecified atom stereocenters. The van der Waals surface area contributed by atoms with Gasteiger partial charge in [0.25, 0.3) is 0 Å². The Morgan fingerprint density at radius 1 is 1.38 bits per heavy atom. The fraction of sp³-hybridized carbons (Fsp3) is 0.900. The number of hydrogen-bond acceptors (Lipinski definition) is 5.